The smallest absolute Gasteiger partial charge is 0.163 e. The lowest BCUT2D eigenvalue weighted by molar-refractivity contribution is 0.171. The molecule has 1 atom stereocenters. The van der Waals surface area contributed by atoms with Crippen molar-refractivity contribution in [1.29, 1.82) is 0 Å². The molecule has 0 fully saturated rings. The van der Waals surface area contributed by atoms with E-state index in [-0.39, 0.29) is 6.04 Å². The lowest BCUT2D eigenvalue weighted by Crippen LogP contribution is -2.16. The molecule has 0 radical (unpaired) electrons. The summed E-state index contributed by atoms with van der Waals surface area (Å²) in [6.07, 6.45) is 0. The first-order valence-corrected chi connectivity index (χ1v) is 8.62. The fourth-order valence-corrected chi connectivity index (χ4v) is 3.04. The van der Waals surface area contributed by atoms with Crippen molar-refractivity contribution in [2.45, 2.75) is 13.0 Å². The van der Waals surface area contributed by atoms with E-state index in [0.29, 0.717) is 13.2 Å². The summed E-state index contributed by atoms with van der Waals surface area (Å²) >= 11 is 5.90. The summed E-state index contributed by atoms with van der Waals surface area (Å²) in [4.78, 5) is 0. The summed E-state index contributed by atoms with van der Waals surface area (Å²) in [6.45, 7) is 3.34. The second-order valence-electron chi connectivity index (χ2n) is 4.89. The Balaban J connectivity index is 1.82. The van der Waals surface area contributed by atoms with Gasteiger partial charge in [-0.25, -0.2) is 0 Å². The quantitative estimate of drug-likeness (QED) is 0.655. The molecule has 3 rings (SSSR count). The molecular formula is C16H15BrINO2. The molecule has 0 spiro atoms. The highest BCUT2D eigenvalue weighted by Crippen LogP contribution is 2.39. The molecule has 1 N–H and O–H groups in total. The van der Waals surface area contributed by atoms with Crippen molar-refractivity contribution in [2.75, 3.05) is 18.5 Å². The van der Waals surface area contributed by atoms with Gasteiger partial charge in [0.25, 0.3) is 0 Å². The molecule has 2 aromatic rings. The van der Waals surface area contributed by atoms with Crippen LogP contribution in [-0.4, -0.2) is 13.2 Å². The SMILES string of the molecule is CC(Nc1cc2c(cc1Br)OCCO2)c1ccc(I)cc1. The molecule has 2 aromatic carbocycles. The summed E-state index contributed by atoms with van der Waals surface area (Å²) in [5.41, 5.74) is 2.25. The van der Waals surface area contributed by atoms with Crippen LogP contribution >= 0.6 is 38.5 Å². The van der Waals surface area contributed by atoms with Crippen molar-refractivity contribution >= 4 is 44.2 Å². The van der Waals surface area contributed by atoms with Gasteiger partial charge in [0, 0.05) is 26.2 Å². The minimum absolute atomic E-state index is 0.209. The number of hydrogen-bond acceptors (Lipinski definition) is 3. The van der Waals surface area contributed by atoms with E-state index in [4.69, 9.17) is 9.47 Å². The molecule has 0 amide bonds. The van der Waals surface area contributed by atoms with Gasteiger partial charge in [-0.3, -0.25) is 0 Å². The van der Waals surface area contributed by atoms with Crippen molar-refractivity contribution in [3.63, 3.8) is 0 Å². The van der Waals surface area contributed by atoms with Crippen LogP contribution in [0.1, 0.15) is 18.5 Å². The van der Waals surface area contributed by atoms with Gasteiger partial charge in [-0.2, -0.15) is 0 Å². The van der Waals surface area contributed by atoms with E-state index in [1.54, 1.807) is 0 Å². The lowest BCUT2D eigenvalue weighted by atomic mass is 10.1. The fourth-order valence-electron chi connectivity index (χ4n) is 2.24. The van der Waals surface area contributed by atoms with E-state index < -0.39 is 0 Å². The minimum atomic E-state index is 0.209. The van der Waals surface area contributed by atoms with E-state index in [1.165, 1.54) is 9.13 Å². The van der Waals surface area contributed by atoms with Gasteiger partial charge < -0.3 is 14.8 Å². The molecule has 0 bridgehead atoms. The topological polar surface area (TPSA) is 30.5 Å². The number of fused-ring (bicyclic) bond motifs is 1. The van der Waals surface area contributed by atoms with Crippen LogP contribution in [0, 0.1) is 3.57 Å². The van der Waals surface area contributed by atoms with Crippen molar-refractivity contribution in [1.82, 2.24) is 0 Å². The maximum absolute atomic E-state index is 5.64. The molecule has 1 unspecified atom stereocenters. The summed E-state index contributed by atoms with van der Waals surface area (Å²) in [5.74, 6) is 1.59. The van der Waals surface area contributed by atoms with Crippen LogP contribution in [0.4, 0.5) is 5.69 Å². The molecule has 0 saturated heterocycles. The Hall–Kier alpha value is -0.950. The highest BCUT2D eigenvalue weighted by Gasteiger charge is 2.16. The molecule has 0 saturated carbocycles. The Morgan fingerprint density at radius 2 is 1.71 bits per heavy atom. The standard InChI is InChI=1S/C16H15BrINO2/c1-10(11-2-4-12(18)5-3-11)19-14-9-16-15(8-13(14)17)20-6-7-21-16/h2-5,8-10,19H,6-7H2,1H3. The van der Waals surface area contributed by atoms with Crippen LogP contribution in [-0.2, 0) is 0 Å². The minimum Gasteiger partial charge on any atom is -0.486 e. The zero-order valence-electron chi connectivity index (χ0n) is 11.5. The first-order chi connectivity index (χ1) is 10.1. The van der Waals surface area contributed by atoms with Crippen molar-refractivity contribution in [3.8, 4) is 11.5 Å². The third kappa shape index (κ3) is 3.45. The van der Waals surface area contributed by atoms with E-state index >= 15 is 0 Å². The van der Waals surface area contributed by atoms with Crippen molar-refractivity contribution in [2.24, 2.45) is 0 Å². The molecule has 110 valence electrons. The summed E-state index contributed by atoms with van der Waals surface area (Å²) in [5, 5.41) is 3.51. The number of hydrogen-bond donors (Lipinski definition) is 1. The van der Waals surface area contributed by atoms with E-state index in [0.717, 1.165) is 21.7 Å². The number of ether oxygens (including phenoxy) is 2. The van der Waals surface area contributed by atoms with Gasteiger partial charge in [-0.1, -0.05) is 12.1 Å². The van der Waals surface area contributed by atoms with Gasteiger partial charge in [0.1, 0.15) is 13.2 Å². The molecular weight excluding hydrogens is 445 g/mol. The van der Waals surface area contributed by atoms with Crippen LogP contribution in [0.3, 0.4) is 0 Å². The summed E-state index contributed by atoms with van der Waals surface area (Å²) in [6, 6.07) is 12.7. The van der Waals surface area contributed by atoms with Gasteiger partial charge in [-0.05, 0) is 63.1 Å². The first-order valence-electron chi connectivity index (χ1n) is 6.74. The monoisotopic (exact) mass is 459 g/mol. The highest BCUT2D eigenvalue weighted by molar-refractivity contribution is 14.1. The molecule has 1 heterocycles. The Morgan fingerprint density at radius 3 is 2.38 bits per heavy atom. The zero-order valence-corrected chi connectivity index (χ0v) is 15.3. The van der Waals surface area contributed by atoms with Crippen LogP contribution in [0.25, 0.3) is 0 Å². The van der Waals surface area contributed by atoms with E-state index in [9.17, 15) is 0 Å². The van der Waals surface area contributed by atoms with Gasteiger partial charge >= 0.3 is 0 Å². The second-order valence-corrected chi connectivity index (χ2v) is 6.99. The molecule has 0 aliphatic carbocycles. The van der Waals surface area contributed by atoms with Crippen LogP contribution in [0.5, 0.6) is 11.5 Å². The molecule has 5 heteroatoms. The van der Waals surface area contributed by atoms with Crippen LogP contribution in [0.15, 0.2) is 40.9 Å². The average Bonchev–Trinajstić information content (AvgIpc) is 2.48. The third-order valence-electron chi connectivity index (χ3n) is 3.37. The number of anilines is 1. The van der Waals surface area contributed by atoms with Crippen LogP contribution in [0.2, 0.25) is 0 Å². The van der Waals surface area contributed by atoms with Crippen molar-refractivity contribution in [3.05, 3.63) is 50.0 Å². The Kier molecular flexibility index (Phi) is 4.59. The maximum atomic E-state index is 5.64. The van der Waals surface area contributed by atoms with Gasteiger partial charge in [0.05, 0.1) is 5.69 Å². The Labute approximate surface area is 146 Å². The average molecular weight is 460 g/mol. The third-order valence-corrected chi connectivity index (χ3v) is 4.75. The fraction of sp³-hybridized carbons (Fsp3) is 0.250. The normalized spacial score (nSPS) is 14.6. The maximum Gasteiger partial charge on any atom is 0.163 e. The summed E-state index contributed by atoms with van der Waals surface area (Å²) < 4.78 is 13.4. The van der Waals surface area contributed by atoms with Crippen LogP contribution < -0.4 is 14.8 Å². The van der Waals surface area contributed by atoms with E-state index in [1.807, 2.05) is 12.1 Å². The van der Waals surface area contributed by atoms with Gasteiger partial charge in [0.2, 0.25) is 0 Å². The lowest BCUT2D eigenvalue weighted by Gasteiger charge is -2.22. The molecule has 3 nitrogen and oxygen atoms in total. The largest absolute Gasteiger partial charge is 0.486 e. The van der Waals surface area contributed by atoms with Gasteiger partial charge in [-0.15, -0.1) is 0 Å². The predicted octanol–water partition coefficient (Wildman–Crippen LogP) is 5.00. The Morgan fingerprint density at radius 1 is 1.10 bits per heavy atom. The van der Waals surface area contributed by atoms with Gasteiger partial charge in [0.15, 0.2) is 11.5 Å². The Bertz CT molecular complexity index is 645. The number of rotatable bonds is 3. The predicted molar refractivity (Wildman–Crippen MR) is 96.3 cm³/mol. The number of halogens is 2. The highest BCUT2D eigenvalue weighted by atomic mass is 127. The first kappa shape index (κ1) is 15.0. The molecule has 0 aromatic heterocycles. The summed E-state index contributed by atoms with van der Waals surface area (Å²) in [7, 11) is 0. The zero-order chi connectivity index (χ0) is 14.8. The van der Waals surface area contributed by atoms with Crippen molar-refractivity contribution < 1.29 is 9.47 Å². The molecule has 21 heavy (non-hydrogen) atoms. The number of nitrogens with one attached hydrogen (secondary N) is 1. The number of benzene rings is 2. The van der Waals surface area contributed by atoms with E-state index in [2.05, 4.69) is 75.0 Å². The molecule has 1 aliphatic heterocycles. The second kappa shape index (κ2) is 6.44. The molecule has 1 aliphatic rings.